The van der Waals surface area contributed by atoms with Gasteiger partial charge in [-0.3, -0.25) is 48.0 Å². The highest BCUT2D eigenvalue weighted by Gasteiger charge is 2.65. The maximum Gasteiger partial charge on any atom is 0.395 e. The molecule has 2 bridgehead atoms. The fraction of sp³-hybridized carbons (Fsp3) is 0.609. The lowest BCUT2D eigenvalue weighted by Gasteiger charge is -2.46. The number of piperazine rings is 1. The van der Waals surface area contributed by atoms with Crippen molar-refractivity contribution in [3.8, 4) is 5.75 Å². The van der Waals surface area contributed by atoms with Crippen molar-refractivity contribution in [3.05, 3.63) is 99.5 Å². The van der Waals surface area contributed by atoms with E-state index in [9.17, 15) is 45.6 Å². The first-order chi connectivity index (χ1) is 40.0. The number of hydrogen-bond donors (Lipinski definition) is 3. The van der Waals surface area contributed by atoms with Crippen molar-refractivity contribution in [1.82, 2.24) is 29.2 Å². The number of carbonyl (C=O) groups is 4. The molecule has 2 unspecified atom stereocenters. The Kier molecular flexibility index (Phi) is 17.3. The number of methoxy groups -OCH3 is 1. The SMILES string of the molecule is CC1(C)C2CCC1(CS(=O)(=O)O)C(=O)C2.COc1ccc([C@]2(CCN(Cc3ccc(C4=CC[C@H](CN5CCN(C(=O)c6ccc7c8c6NCCn8c(=O)n7[C@@H]6CCC(=O)NC6=O)CC5)CC4)cc3)CC(C)(C)C(F)(F)F)CCOC(C)(C)C2)cc1. The summed E-state index contributed by atoms with van der Waals surface area (Å²) in [6, 6.07) is 19.2. The van der Waals surface area contributed by atoms with Gasteiger partial charge in [-0.1, -0.05) is 56.3 Å². The monoisotopic (exact) mass is 1200 g/mol. The quantitative estimate of drug-likeness (QED) is 0.0708. The zero-order valence-electron chi connectivity index (χ0n) is 50.2. The van der Waals surface area contributed by atoms with Crippen LogP contribution in [0, 0.1) is 28.1 Å². The van der Waals surface area contributed by atoms with Crippen LogP contribution < -0.4 is 21.1 Å². The van der Waals surface area contributed by atoms with E-state index >= 15 is 0 Å². The summed E-state index contributed by atoms with van der Waals surface area (Å²) in [4.78, 5) is 70.5. The van der Waals surface area contributed by atoms with Gasteiger partial charge >= 0.3 is 11.9 Å². The molecule has 0 spiro atoms. The van der Waals surface area contributed by atoms with E-state index in [0.717, 1.165) is 80.6 Å². The number of ether oxygens (including phenoxy) is 2. The predicted octanol–water partition coefficient (Wildman–Crippen LogP) is 9.43. The molecule has 4 aromatic rings. The fourth-order valence-electron chi connectivity index (χ4n) is 15.2. The van der Waals surface area contributed by atoms with E-state index < -0.39 is 44.8 Å². The van der Waals surface area contributed by atoms with Crippen LogP contribution in [0.25, 0.3) is 16.6 Å². The summed E-state index contributed by atoms with van der Waals surface area (Å²) in [5.74, 6) is 0.229. The topological polar surface area (TPSA) is 202 Å². The van der Waals surface area contributed by atoms with Gasteiger partial charge in [0, 0.05) is 83.8 Å². The van der Waals surface area contributed by atoms with Crippen molar-refractivity contribution in [2.75, 3.05) is 77.1 Å². The first-order valence-corrected chi connectivity index (χ1v) is 31.8. The number of carbonyl (C=O) groups excluding carboxylic acids is 4. The predicted molar refractivity (Wildman–Crippen MR) is 319 cm³/mol. The third-order valence-corrected chi connectivity index (χ3v) is 21.2. The number of hydrogen-bond acceptors (Lipinski definition) is 12. The van der Waals surface area contributed by atoms with Crippen LogP contribution in [-0.4, -0.2) is 144 Å². The van der Waals surface area contributed by atoms with Gasteiger partial charge in [0.1, 0.15) is 17.6 Å². The minimum Gasteiger partial charge on any atom is -0.497 e. The Balaban J connectivity index is 0.000000464. The fourth-order valence-corrected chi connectivity index (χ4v) is 16.5. The van der Waals surface area contributed by atoms with Crippen molar-refractivity contribution < 1.29 is 54.8 Å². The first kappa shape index (κ1) is 62.2. The molecule has 462 valence electrons. The molecule has 3 saturated heterocycles. The Morgan fingerprint density at radius 2 is 1.61 bits per heavy atom. The number of allylic oxidation sites excluding steroid dienone is 2. The van der Waals surface area contributed by atoms with Gasteiger partial charge in [0.05, 0.1) is 51.6 Å². The zero-order valence-corrected chi connectivity index (χ0v) is 51.1. The van der Waals surface area contributed by atoms with Crippen LogP contribution in [-0.2, 0) is 47.7 Å². The Bertz CT molecular complexity index is 3400. The molecule has 5 atom stereocenters. The number of benzene rings is 3. The number of nitrogens with one attached hydrogen (secondary N) is 2. The van der Waals surface area contributed by atoms with E-state index in [1.165, 1.54) is 24.0 Å². The molecule has 3 aromatic carbocycles. The van der Waals surface area contributed by atoms with Crippen molar-refractivity contribution in [2.45, 2.75) is 148 Å². The summed E-state index contributed by atoms with van der Waals surface area (Å²) in [6.45, 7) is 16.6. The lowest BCUT2D eigenvalue weighted by Crippen LogP contribution is -2.50. The van der Waals surface area contributed by atoms with E-state index in [2.05, 4.69) is 71.9 Å². The first-order valence-electron chi connectivity index (χ1n) is 30.2. The molecule has 0 radical (unpaired) electrons. The molecule has 11 rings (SSSR count). The summed E-state index contributed by atoms with van der Waals surface area (Å²) in [7, 11) is -2.43. The third-order valence-electron chi connectivity index (χ3n) is 20.3. The van der Waals surface area contributed by atoms with Gasteiger partial charge in [0.15, 0.2) is 0 Å². The number of alkyl halides is 3. The minimum absolute atomic E-state index is 0.0152. The second-order valence-corrected chi connectivity index (χ2v) is 28.4. The minimum atomic E-state index is -4.35. The lowest BCUT2D eigenvalue weighted by molar-refractivity contribution is -0.217. The third kappa shape index (κ3) is 12.7. The molecule has 3 N–H and O–H groups in total. The second kappa shape index (κ2) is 23.7. The van der Waals surface area contributed by atoms with Crippen molar-refractivity contribution in [1.29, 1.82) is 0 Å². The number of rotatable bonds is 16. The van der Waals surface area contributed by atoms with Gasteiger partial charge in [0.2, 0.25) is 11.8 Å². The second-order valence-electron chi connectivity index (χ2n) is 27.0. The van der Waals surface area contributed by atoms with Crippen LogP contribution in [0.15, 0.2) is 71.5 Å². The van der Waals surface area contributed by atoms with Gasteiger partial charge in [-0.2, -0.15) is 21.6 Å². The molecular weight excluding hydrogens is 1120 g/mol. The van der Waals surface area contributed by atoms with Gasteiger partial charge in [0.25, 0.3) is 16.0 Å². The summed E-state index contributed by atoms with van der Waals surface area (Å²) < 4.78 is 88.9. The van der Waals surface area contributed by atoms with E-state index in [1.54, 1.807) is 23.8 Å². The highest BCUT2D eigenvalue weighted by molar-refractivity contribution is 7.85. The summed E-state index contributed by atoms with van der Waals surface area (Å²) in [6.07, 6.45) is 5.56. The molecule has 5 fully saturated rings. The molecule has 2 saturated carbocycles. The molecule has 4 aliphatic heterocycles. The largest absolute Gasteiger partial charge is 0.497 e. The highest BCUT2D eigenvalue weighted by Crippen LogP contribution is 2.64. The normalized spacial score (nSPS) is 26.0. The molecule has 17 nitrogen and oxygen atoms in total. The number of halogens is 3. The number of fused-ring (bicyclic) bond motifs is 2. The number of aromatic nitrogens is 2. The van der Waals surface area contributed by atoms with Gasteiger partial charge in [-0.05, 0) is 156 Å². The van der Waals surface area contributed by atoms with E-state index in [1.807, 2.05) is 35.8 Å². The standard InChI is InChI=1S/C54H68F3N7O6.C10H16O4S/c1-51(2,54(55,56)57)35-61(25-22-53(23-31-70-52(3,4)34-53)40-14-16-41(69-5)17-15-40)33-37-8-12-39(13-9-37)38-10-6-36(7-11-38)32-60-27-29-62(30-28-60)49(67)42-18-19-43-47-46(42)58-24-26-63(47)50(68)64(43)44-20-21-45(65)59-48(44)66;1-9(2)7-3-4-10(9,8(11)5-7)6-15(12,13)14/h8-10,12-19,36,44,58H,6-7,11,20-35H2,1-5H3,(H,59,65,66);7H,3-6H2,1-2H3,(H,12,13,14)/t36-,44+,53+;/m0./s1. The lowest BCUT2D eigenvalue weighted by atomic mass is 9.67. The summed E-state index contributed by atoms with van der Waals surface area (Å²) in [5, 5.41) is 5.73. The number of nitrogens with zero attached hydrogens (tertiary/aromatic N) is 5. The molecular formula is C64H84F3N7O10S. The zero-order chi connectivity index (χ0) is 61.1. The number of imide groups is 1. The van der Waals surface area contributed by atoms with Gasteiger partial charge in [-0.25, -0.2) is 4.79 Å². The molecule has 3 aliphatic carbocycles. The van der Waals surface area contributed by atoms with Crippen molar-refractivity contribution in [2.24, 2.45) is 28.1 Å². The summed E-state index contributed by atoms with van der Waals surface area (Å²) in [5.41, 5.74) is 2.94. The van der Waals surface area contributed by atoms with Crippen LogP contribution in [0.2, 0.25) is 0 Å². The van der Waals surface area contributed by atoms with Crippen LogP contribution in [0.5, 0.6) is 5.75 Å². The Hall–Kier alpha value is -5.87. The Morgan fingerprint density at radius 1 is 0.894 bits per heavy atom. The van der Waals surface area contributed by atoms with Crippen LogP contribution in [0.4, 0.5) is 18.9 Å². The highest BCUT2D eigenvalue weighted by atomic mass is 32.2. The van der Waals surface area contributed by atoms with Crippen molar-refractivity contribution >= 4 is 55.9 Å². The van der Waals surface area contributed by atoms with E-state index in [-0.39, 0.29) is 65.0 Å². The Morgan fingerprint density at radius 3 is 2.21 bits per heavy atom. The molecule has 85 heavy (non-hydrogen) atoms. The van der Waals surface area contributed by atoms with Gasteiger partial charge < -0.3 is 19.7 Å². The van der Waals surface area contributed by atoms with Crippen molar-refractivity contribution in [3.63, 3.8) is 0 Å². The van der Waals surface area contributed by atoms with Crippen LogP contribution in [0.1, 0.15) is 145 Å². The Labute approximate surface area is 496 Å². The molecule has 21 heteroatoms. The number of Topliss-reactive ketones (excluding diaryl/α,β-unsaturated/α-hetero) is 1. The molecule has 1 aromatic heterocycles. The maximum absolute atomic E-state index is 14.4. The van der Waals surface area contributed by atoms with E-state index in [4.69, 9.17) is 14.0 Å². The number of anilines is 1. The number of amides is 3. The van der Waals surface area contributed by atoms with Gasteiger partial charge in [-0.15, -0.1) is 0 Å². The smallest absolute Gasteiger partial charge is 0.395 e. The summed E-state index contributed by atoms with van der Waals surface area (Å²) >= 11 is 0. The van der Waals surface area contributed by atoms with Crippen LogP contribution in [0.3, 0.4) is 0 Å². The average molecular weight is 1200 g/mol. The number of imidazole rings is 1. The number of piperidine rings is 1. The van der Waals surface area contributed by atoms with Crippen LogP contribution >= 0.6 is 0 Å². The molecule has 7 aliphatic rings. The maximum atomic E-state index is 14.4. The molecule has 3 amide bonds. The molecule has 5 heterocycles. The average Bonchev–Trinajstić information content (AvgIpc) is 1.62. The number of ketones is 1. The van der Waals surface area contributed by atoms with E-state index in [0.29, 0.717) is 93.3 Å².